The summed E-state index contributed by atoms with van der Waals surface area (Å²) in [4.78, 5) is 0. The fraction of sp³-hybridized carbons (Fsp3) is 0.700. The highest BCUT2D eigenvalue weighted by Gasteiger charge is 2.32. The van der Waals surface area contributed by atoms with Crippen molar-refractivity contribution in [2.75, 3.05) is 7.05 Å². The third kappa shape index (κ3) is 1.61. The molecule has 1 aromatic rings. The molecule has 0 aliphatic heterocycles. The zero-order valence-electron chi connectivity index (χ0n) is 8.54. The van der Waals surface area contributed by atoms with E-state index in [1.807, 2.05) is 25.7 Å². The lowest BCUT2D eigenvalue weighted by atomic mass is 10.1. The van der Waals surface area contributed by atoms with Crippen LogP contribution in [0.15, 0.2) is 6.07 Å². The van der Waals surface area contributed by atoms with Crippen molar-refractivity contribution in [1.82, 2.24) is 15.1 Å². The molecular weight excluding hydrogens is 162 g/mol. The first-order valence-corrected chi connectivity index (χ1v) is 4.90. The highest BCUT2D eigenvalue weighted by Crippen LogP contribution is 2.40. The van der Waals surface area contributed by atoms with Gasteiger partial charge in [0.05, 0.1) is 17.4 Å². The lowest BCUT2D eigenvalue weighted by molar-refractivity contribution is 0.488. The Labute approximate surface area is 79.1 Å². The molecule has 0 amide bonds. The number of nitrogens with one attached hydrogen (secondary N) is 1. The van der Waals surface area contributed by atoms with E-state index in [4.69, 9.17) is 0 Å². The first-order chi connectivity index (χ1) is 6.22. The van der Waals surface area contributed by atoms with Crippen LogP contribution in [0.25, 0.3) is 0 Å². The lowest BCUT2D eigenvalue weighted by Crippen LogP contribution is -2.21. The number of nitrogens with zero attached hydrogens (tertiary/aromatic N) is 2. The number of hydrogen-bond acceptors (Lipinski definition) is 2. The van der Waals surface area contributed by atoms with Gasteiger partial charge in [0, 0.05) is 7.05 Å². The van der Waals surface area contributed by atoms with Gasteiger partial charge in [0.1, 0.15) is 0 Å². The molecule has 13 heavy (non-hydrogen) atoms. The van der Waals surface area contributed by atoms with E-state index in [1.165, 1.54) is 18.5 Å². The molecule has 1 aliphatic rings. The van der Waals surface area contributed by atoms with Gasteiger partial charge in [-0.05, 0) is 38.8 Å². The van der Waals surface area contributed by atoms with E-state index in [-0.39, 0.29) is 0 Å². The maximum atomic E-state index is 4.37. The van der Waals surface area contributed by atoms with Crippen molar-refractivity contribution in [2.24, 2.45) is 13.0 Å². The van der Waals surface area contributed by atoms with Crippen LogP contribution in [0.4, 0.5) is 0 Å². The summed E-state index contributed by atoms with van der Waals surface area (Å²) in [6, 6.07) is 2.69. The predicted molar refractivity (Wildman–Crippen MR) is 52.5 cm³/mol. The van der Waals surface area contributed by atoms with Gasteiger partial charge < -0.3 is 5.32 Å². The Bertz CT molecular complexity index is 299. The summed E-state index contributed by atoms with van der Waals surface area (Å²) in [7, 11) is 4.06. The molecule has 0 bridgehead atoms. The Balaban J connectivity index is 2.25. The maximum absolute atomic E-state index is 4.37. The quantitative estimate of drug-likeness (QED) is 0.760. The van der Waals surface area contributed by atoms with E-state index in [0.29, 0.717) is 6.04 Å². The Morgan fingerprint density at radius 3 is 2.69 bits per heavy atom. The van der Waals surface area contributed by atoms with Crippen LogP contribution in [0.3, 0.4) is 0 Å². The molecule has 2 rings (SSSR count). The number of aryl methyl sites for hydroxylation is 2. The Kier molecular flexibility index (Phi) is 2.12. The summed E-state index contributed by atoms with van der Waals surface area (Å²) in [6.07, 6.45) is 2.71. The number of aromatic nitrogens is 2. The van der Waals surface area contributed by atoms with Crippen molar-refractivity contribution < 1.29 is 0 Å². The average Bonchev–Trinajstić information content (AvgIpc) is 2.82. The van der Waals surface area contributed by atoms with Crippen molar-refractivity contribution in [1.29, 1.82) is 0 Å². The van der Waals surface area contributed by atoms with Gasteiger partial charge >= 0.3 is 0 Å². The molecule has 1 heterocycles. The Hall–Kier alpha value is -0.830. The van der Waals surface area contributed by atoms with E-state index in [1.54, 1.807) is 0 Å². The van der Waals surface area contributed by atoms with Gasteiger partial charge in [-0.1, -0.05) is 0 Å². The van der Waals surface area contributed by atoms with Crippen LogP contribution in [-0.2, 0) is 7.05 Å². The fourth-order valence-corrected chi connectivity index (χ4v) is 1.98. The molecule has 1 saturated carbocycles. The van der Waals surface area contributed by atoms with Gasteiger partial charge in [0.25, 0.3) is 0 Å². The van der Waals surface area contributed by atoms with E-state index < -0.39 is 0 Å². The summed E-state index contributed by atoms with van der Waals surface area (Å²) in [5, 5.41) is 7.74. The molecule has 1 aliphatic carbocycles. The number of hydrogen-bond donors (Lipinski definition) is 1. The molecular formula is C10H17N3. The summed E-state index contributed by atoms with van der Waals surface area (Å²) in [5.41, 5.74) is 2.43. The summed E-state index contributed by atoms with van der Waals surface area (Å²) in [5.74, 6) is 0.833. The lowest BCUT2D eigenvalue weighted by Gasteiger charge is -2.14. The van der Waals surface area contributed by atoms with Gasteiger partial charge in [-0.25, -0.2) is 0 Å². The molecule has 72 valence electrons. The zero-order valence-corrected chi connectivity index (χ0v) is 8.54. The van der Waals surface area contributed by atoms with Crippen LogP contribution in [0.1, 0.15) is 30.3 Å². The standard InChI is InChI=1S/C10H17N3/c1-7-6-9(13(3)12-7)10(11-2)8-4-5-8/h6,8,10-11H,4-5H2,1-3H3. The topological polar surface area (TPSA) is 29.9 Å². The highest BCUT2D eigenvalue weighted by molar-refractivity contribution is 5.15. The van der Waals surface area contributed by atoms with Gasteiger partial charge in [-0.3, -0.25) is 4.68 Å². The van der Waals surface area contributed by atoms with Crippen LogP contribution >= 0.6 is 0 Å². The summed E-state index contributed by atoms with van der Waals surface area (Å²) in [6.45, 7) is 2.04. The van der Waals surface area contributed by atoms with Gasteiger partial charge in [-0.15, -0.1) is 0 Å². The molecule has 0 spiro atoms. The fourth-order valence-electron chi connectivity index (χ4n) is 1.98. The Morgan fingerprint density at radius 2 is 2.31 bits per heavy atom. The van der Waals surface area contributed by atoms with E-state index in [2.05, 4.69) is 16.5 Å². The van der Waals surface area contributed by atoms with Crippen molar-refractivity contribution in [3.8, 4) is 0 Å². The van der Waals surface area contributed by atoms with Crippen LogP contribution in [0, 0.1) is 12.8 Å². The van der Waals surface area contributed by atoms with Gasteiger partial charge in [0.15, 0.2) is 0 Å². The van der Waals surface area contributed by atoms with Crippen molar-refractivity contribution in [2.45, 2.75) is 25.8 Å². The molecule has 0 aromatic carbocycles. The highest BCUT2D eigenvalue weighted by atomic mass is 15.3. The van der Waals surface area contributed by atoms with Crippen LogP contribution in [0.5, 0.6) is 0 Å². The summed E-state index contributed by atoms with van der Waals surface area (Å²) < 4.78 is 1.99. The minimum absolute atomic E-state index is 0.506. The van der Waals surface area contributed by atoms with Gasteiger partial charge in [0.2, 0.25) is 0 Å². The minimum Gasteiger partial charge on any atom is -0.311 e. The first kappa shape index (κ1) is 8.75. The molecule has 1 atom stereocenters. The number of rotatable bonds is 3. The first-order valence-electron chi connectivity index (χ1n) is 4.90. The second-order valence-electron chi connectivity index (χ2n) is 3.94. The van der Waals surface area contributed by atoms with Crippen molar-refractivity contribution in [3.63, 3.8) is 0 Å². The predicted octanol–water partition coefficient (Wildman–Crippen LogP) is 1.40. The SMILES string of the molecule is CNC(c1cc(C)nn1C)C1CC1. The molecule has 1 unspecified atom stereocenters. The van der Waals surface area contributed by atoms with Gasteiger partial charge in [-0.2, -0.15) is 5.10 Å². The van der Waals surface area contributed by atoms with E-state index in [0.717, 1.165) is 11.6 Å². The van der Waals surface area contributed by atoms with E-state index in [9.17, 15) is 0 Å². The molecule has 1 N–H and O–H groups in total. The summed E-state index contributed by atoms with van der Waals surface area (Å²) >= 11 is 0. The normalized spacial score (nSPS) is 19.0. The largest absolute Gasteiger partial charge is 0.311 e. The molecule has 1 fully saturated rings. The molecule has 3 nitrogen and oxygen atoms in total. The van der Waals surface area contributed by atoms with E-state index >= 15 is 0 Å². The average molecular weight is 179 g/mol. The van der Waals surface area contributed by atoms with Crippen molar-refractivity contribution in [3.05, 3.63) is 17.5 Å². The second-order valence-corrected chi connectivity index (χ2v) is 3.94. The van der Waals surface area contributed by atoms with Crippen LogP contribution in [0.2, 0.25) is 0 Å². The molecule has 0 radical (unpaired) electrons. The van der Waals surface area contributed by atoms with Crippen LogP contribution < -0.4 is 5.32 Å². The monoisotopic (exact) mass is 179 g/mol. The molecule has 3 heteroatoms. The molecule has 1 aromatic heterocycles. The maximum Gasteiger partial charge on any atom is 0.0597 e. The molecule has 0 saturated heterocycles. The zero-order chi connectivity index (χ0) is 9.42. The van der Waals surface area contributed by atoms with Crippen LogP contribution in [-0.4, -0.2) is 16.8 Å². The third-order valence-corrected chi connectivity index (χ3v) is 2.76. The third-order valence-electron chi connectivity index (χ3n) is 2.76. The minimum atomic E-state index is 0.506. The smallest absolute Gasteiger partial charge is 0.0597 e. The Morgan fingerprint density at radius 1 is 1.62 bits per heavy atom. The second kappa shape index (κ2) is 3.14. The van der Waals surface area contributed by atoms with Crippen molar-refractivity contribution >= 4 is 0 Å².